The summed E-state index contributed by atoms with van der Waals surface area (Å²) in [6.45, 7) is 0. The van der Waals surface area contributed by atoms with Crippen LogP contribution >= 0.6 is 0 Å². The van der Waals surface area contributed by atoms with Gasteiger partial charge in [-0.15, -0.1) is 0 Å². The van der Waals surface area contributed by atoms with Crippen LogP contribution in [0.5, 0.6) is 0 Å². The molecule has 4 amide bonds. The molecule has 5 nitrogen and oxygen atoms in total. The second-order valence-electron chi connectivity index (χ2n) is 3.09. The largest absolute Gasteiger partial charge is 0.336 e. The van der Waals surface area contributed by atoms with Gasteiger partial charge in [0.1, 0.15) is 0 Å². The van der Waals surface area contributed by atoms with Crippen LogP contribution in [0.25, 0.3) is 0 Å². The van der Waals surface area contributed by atoms with Crippen molar-refractivity contribution in [2.75, 3.05) is 4.90 Å². The van der Waals surface area contributed by atoms with Gasteiger partial charge in [0.2, 0.25) is 0 Å². The first-order valence-corrected chi connectivity index (χ1v) is 4.26. The summed E-state index contributed by atoms with van der Waals surface area (Å²) in [6.07, 6.45) is 0. The monoisotopic (exact) mass is 244 g/mol. The number of amides is 4. The van der Waals surface area contributed by atoms with Crippen molar-refractivity contribution in [2.45, 2.75) is 0 Å². The molecule has 0 aromatic heterocycles. The minimum absolute atomic E-state index is 0.0974. The predicted molar refractivity (Wildman–Crippen MR) is 47.3 cm³/mol. The number of hydrogen-bond acceptors (Lipinski definition) is 3. The number of benzene rings is 1. The third-order valence-corrected chi connectivity index (χ3v) is 2.08. The smallest absolute Gasteiger partial charge is 0.269 e. The molecule has 1 N–H and O–H groups in total. The minimum Gasteiger partial charge on any atom is -0.269 e. The fourth-order valence-electron chi connectivity index (χ4n) is 1.31. The lowest BCUT2D eigenvalue weighted by atomic mass is 10.2. The Hall–Kier alpha value is -2.38. The van der Waals surface area contributed by atoms with E-state index in [9.17, 15) is 27.6 Å². The van der Waals surface area contributed by atoms with Crippen molar-refractivity contribution in [1.29, 1.82) is 0 Å². The van der Waals surface area contributed by atoms with Crippen LogP contribution in [0.1, 0.15) is 0 Å². The van der Waals surface area contributed by atoms with Gasteiger partial charge in [-0.3, -0.25) is 14.9 Å². The Bertz CT molecular complexity index is 559. The molecule has 0 atom stereocenters. The van der Waals surface area contributed by atoms with Crippen LogP contribution in [0.4, 0.5) is 23.7 Å². The second-order valence-corrected chi connectivity index (χ2v) is 3.09. The molecule has 0 radical (unpaired) electrons. The molecule has 0 unspecified atom stereocenters. The first-order valence-electron chi connectivity index (χ1n) is 4.26. The molecule has 88 valence electrons. The Balaban J connectivity index is 2.55. The molecule has 1 aliphatic heterocycles. The fourth-order valence-corrected chi connectivity index (χ4v) is 1.31. The van der Waals surface area contributed by atoms with E-state index < -0.39 is 41.0 Å². The highest BCUT2D eigenvalue weighted by atomic mass is 19.2. The standard InChI is InChI=1S/C9H3F3N2O3/c10-3-1-2-4(6(12)5(3)11)14-8(16)7(15)13-9(14)17/h1-2H,(H,13,15,17). The summed E-state index contributed by atoms with van der Waals surface area (Å²) in [5.74, 6) is -7.64. The van der Waals surface area contributed by atoms with E-state index in [2.05, 4.69) is 0 Å². The van der Waals surface area contributed by atoms with E-state index in [0.29, 0.717) is 12.1 Å². The summed E-state index contributed by atoms with van der Waals surface area (Å²) in [4.78, 5) is 33.2. The van der Waals surface area contributed by atoms with Gasteiger partial charge in [0.15, 0.2) is 17.5 Å². The van der Waals surface area contributed by atoms with Crippen molar-refractivity contribution in [1.82, 2.24) is 5.32 Å². The molecule has 8 heteroatoms. The number of nitrogens with zero attached hydrogens (tertiary/aromatic N) is 1. The lowest BCUT2D eigenvalue weighted by Gasteiger charge is -2.12. The first kappa shape index (κ1) is 11.1. The number of carbonyl (C=O) groups excluding carboxylic acids is 3. The van der Waals surface area contributed by atoms with E-state index in [1.54, 1.807) is 5.32 Å². The maximum atomic E-state index is 13.3. The van der Waals surface area contributed by atoms with Crippen LogP contribution in [0.3, 0.4) is 0 Å². The maximum Gasteiger partial charge on any atom is 0.336 e. The summed E-state index contributed by atoms with van der Waals surface area (Å²) in [5, 5.41) is 1.59. The van der Waals surface area contributed by atoms with Crippen LogP contribution in [-0.4, -0.2) is 17.8 Å². The van der Waals surface area contributed by atoms with Crippen LogP contribution in [0.2, 0.25) is 0 Å². The molecule has 0 bridgehead atoms. The number of nitrogens with one attached hydrogen (secondary N) is 1. The molecule has 1 aliphatic rings. The zero-order chi connectivity index (χ0) is 12.7. The van der Waals surface area contributed by atoms with Crippen LogP contribution in [-0.2, 0) is 9.59 Å². The molecule has 0 saturated carbocycles. The van der Waals surface area contributed by atoms with Gasteiger partial charge in [-0.1, -0.05) is 0 Å². The first-order chi connectivity index (χ1) is 7.93. The fraction of sp³-hybridized carbons (Fsp3) is 0. The number of halogens is 3. The van der Waals surface area contributed by atoms with Gasteiger partial charge in [0.05, 0.1) is 5.69 Å². The zero-order valence-corrected chi connectivity index (χ0v) is 7.96. The van der Waals surface area contributed by atoms with E-state index in [1.165, 1.54) is 0 Å². The van der Waals surface area contributed by atoms with Gasteiger partial charge in [-0.2, -0.15) is 0 Å². The molecule has 2 rings (SSSR count). The van der Waals surface area contributed by atoms with Gasteiger partial charge < -0.3 is 0 Å². The third-order valence-electron chi connectivity index (χ3n) is 2.08. The van der Waals surface area contributed by atoms with Gasteiger partial charge in [-0.25, -0.2) is 22.9 Å². The second kappa shape index (κ2) is 3.58. The quantitative estimate of drug-likeness (QED) is 0.449. The van der Waals surface area contributed by atoms with Gasteiger partial charge in [-0.05, 0) is 12.1 Å². The van der Waals surface area contributed by atoms with E-state index in [4.69, 9.17) is 0 Å². The third kappa shape index (κ3) is 1.53. The minimum atomic E-state index is -1.83. The van der Waals surface area contributed by atoms with E-state index in [-0.39, 0.29) is 4.90 Å². The number of carbonyl (C=O) groups is 3. The molecule has 17 heavy (non-hydrogen) atoms. The van der Waals surface area contributed by atoms with Crippen molar-refractivity contribution < 1.29 is 27.6 Å². The summed E-state index contributed by atoms with van der Waals surface area (Å²) < 4.78 is 38.8. The van der Waals surface area contributed by atoms with Crippen LogP contribution < -0.4 is 10.2 Å². The molecular formula is C9H3F3N2O3. The molecular weight excluding hydrogens is 241 g/mol. The molecule has 1 saturated heterocycles. The van der Waals surface area contributed by atoms with Crippen LogP contribution in [0, 0.1) is 17.5 Å². The number of imide groups is 2. The average Bonchev–Trinajstić information content (AvgIpc) is 2.52. The Morgan fingerprint density at radius 3 is 2.18 bits per heavy atom. The van der Waals surface area contributed by atoms with Crippen molar-refractivity contribution >= 4 is 23.5 Å². The molecule has 1 heterocycles. The van der Waals surface area contributed by atoms with E-state index >= 15 is 0 Å². The molecule has 0 spiro atoms. The van der Waals surface area contributed by atoms with Crippen molar-refractivity contribution in [3.63, 3.8) is 0 Å². The summed E-state index contributed by atoms with van der Waals surface area (Å²) in [7, 11) is 0. The zero-order valence-electron chi connectivity index (χ0n) is 7.96. The highest BCUT2D eigenvalue weighted by molar-refractivity contribution is 6.53. The topological polar surface area (TPSA) is 66.5 Å². The summed E-state index contributed by atoms with van der Waals surface area (Å²) in [5.41, 5.74) is -0.822. The average molecular weight is 244 g/mol. The normalized spacial score (nSPS) is 15.5. The molecule has 0 aliphatic carbocycles. The van der Waals surface area contributed by atoms with Crippen molar-refractivity contribution in [3.05, 3.63) is 29.6 Å². The molecule has 1 aromatic carbocycles. The van der Waals surface area contributed by atoms with E-state index in [0.717, 1.165) is 0 Å². The van der Waals surface area contributed by atoms with Gasteiger partial charge in [0.25, 0.3) is 0 Å². The Labute approximate surface area is 91.8 Å². The number of urea groups is 1. The number of rotatable bonds is 1. The van der Waals surface area contributed by atoms with E-state index in [1.807, 2.05) is 0 Å². The maximum absolute atomic E-state index is 13.3. The predicted octanol–water partition coefficient (Wildman–Crippen LogP) is 0.687. The highest BCUT2D eigenvalue weighted by Gasteiger charge is 2.40. The van der Waals surface area contributed by atoms with Crippen molar-refractivity contribution in [3.8, 4) is 0 Å². The molecule has 1 fully saturated rings. The number of hydrogen-bond donors (Lipinski definition) is 1. The Kier molecular flexibility index (Phi) is 2.34. The number of anilines is 1. The van der Waals surface area contributed by atoms with Gasteiger partial charge in [0, 0.05) is 0 Å². The Morgan fingerprint density at radius 2 is 1.65 bits per heavy atom. The lowest BCUT2D eigenvalue weighted by Crippen LogP contribution is -2.31. The SMILES string of the molecule is O=C1NC(=O)N(c2ccc(F)c(F)c2F)C1=O. The highest BCUT2D eigenvalue weighted by Crippen LogP contribution is 2.25. The molecule has 1 aromatic rings. The van der Waals surface area contributed by atoms with Gasteiger partial charge >= 0.3 is 17.8 Å². The Morgan fingerprint density at radius 1 is 1.00 bits per heavy atom. The summed E-state index contributed by atoms with van der Waals surface area (Å²) >= 11 is 0. The summed E-state index contributed by atoms with van der Waals surface area (Å²) in [6, 6.07) is 0.00547. The van der Waals surface area contributed by atoms with Crippen LogP contribution in [0.15, 0.2) is 12.1 Å². The van der Waals surface area contributed by atoms with Crippen molar-refractivity contribution in [2.24, 2.45) is 0 Å². The lowest BCUT2D eigenvalue weighted by molar-refractivity contribution is -0.134.